The molecule has 0 saturated heterocycles. The summed E-state index contributed by atoms with van der Waals surface area (Å²) in [5, 5.41) is 0. The third-order valence-corrected chi connectivity index (χ3v) is 4.40. The Labute approximate surface area is 150 Å². The van der Waals surface area contributed by atoms with Crippen LogP contribution in [-0.4, -0.2) is 24.8 Å². The molecule has 0 amide bonds. The van der Waals surface area contributed by atoms with E-state index in [1.807, 2.05) is 18.2 Å². The first-order valence-corrected chi connectivity index (χ1v) is 9.02. The molecule has 1 aliphatic heterocycles. The molecular weight excluding hydrogens is 308 g/mol. The van der Waals surface area contributed by atoms with E-state index >= 15 is 0 Å². The average molecular weight is 334 g/mol. The Bertz CT molecular complexity index is 763. The number of benzene rings is 2. The van der Waals surface area contributed by atoms with Crippen LogP contribution in [-0.2, 0) is 4.74 Å². The van der Waals surface area contributed by atoms with E-state index in [9.17, 15) is 0 Å². The molecule has 1 heterocycles. The summed E-state index contributed by atoms with van der Waals surface area (Å²) >= 11 is 0. The topological polar surface area (TPSA) is 34.0 Å². The minimum absolute atomic E-state index is 0.404. The molecule has 25 heavy (non-hydrogen) atoms. The maximum Gasteiger partial charge on any atom is 0.236 e. The zero-order valence-electron chi connectivity index (χ0n) is 15.5. The Hall–Kier alpha value is -2.42. The van der Waals surface area contributed by atoms with Crippen LogP contribution in [0.2, 0.25) is 0 Å². The van der Waals surface area contributed by atoms with Crippen LogP contribution in [0.15, 0.2) is 58.5 Å². The van der Waals surface area contributed by atoms with E-state index in [0.717, 1.165) is 17.0 Å². The highest BCUT2D eigenvalue weighted by atomic mass is 16.5. The summed E-state index contributed by atoms with van der Waals surface area (Å²) in [4.78, 5) is 9.64. The van der Waals surface area contributed by atoms with Crippen molar-refractivity contribution in [2.24, 2.45) is 9.98 Å². The van der Waals surface area contributed by atoms with Gasteiger partial charge in [0, 0.05) is 5.56 Å². The van der Waals surface area contributed by atoms with Crippen LogP contribution in [0, 0.1) is 0 Å². The molecule has 0 unspecified atom stereocenters. The first-order chi connectivity index (χ1) is 12.1. The number of para-hydroxylation sites is 1. The number of nitrogens with zero attached hydrogens (tertiary/aromatic N) is 2. The summed E-state index contributed by atoms with van der Waals surface area (Å²) in [6, 6.07) is 16.7. The summed E-state index contributed by atoms with van der Waals surface area (Å²) < 4.78 is 5.76. The molecule has 1 aliphatic rings. The van der Waals surface area contributed by atoms with Gasteiger partial charge < -0.3 is 4.74 Å². The van der Waals surface area contributed by atoms with Crippen molar-refractivity contribution in [2.45, 2.75) is 39.5 Å². The van der Waals surface area contributed by atoms with Gasteiger partial charge in [0.25, 0.3) is 0 Å². The number of aliphatic imine (C=N–C) groups is 2. The lowest BCUT2D eigenvalue weighted by atomic mass is 9.92. The average Bonchev–Trinajstić information content (AvgIpc) is 3.14. The van der Waals surface area contributed by atoms with Gasteiger partial charge in [-0.2, -0.15) is 0 Å². The molecule has 0 saturated carbocycles. The van der Waals surface area contributed by atoms with Crippen molar-refractivity contribution in [2.75, 3.05) is 13.2 Å². The molecule has 0 N–H and O–H groups in total. The fourth-order valence-corrected chi connectivity index (χ4v) is 3.06. The third-order valence-electron chi connectivity index (χ3n) is 4.40. The quantitative estimate of drug-likeness (QED) is 0.666. The molecule has 2 aromatic rings. The highest BCUT2D eigenvalue weighted by Crippen LogP contribution is 2.35. The summed E-state index contributed by atoms with van der Waals surface area (Å²) in [6.45, 7) is 10.2. The second kappa shape index (κ2) is 7.64. The highest BCUT2D eigenvalue weighted by Gasteiger charge is 2.20. The second-order valence-corrected chi connectivity index (χ2v) is 6.96. The molecule has 0 aromatic heterocycles. The molecule has 0 aliphatic carbocycles. The largest absolute Gasteiger partial charge is 0.474 e. The molecule has 0 atom stereocenters. The fourth-order valence-electron chi connectivity index (χ4n) is 3.06. The lowest BCUT2D eigenvalue weighted by molar-refractivity contribution is 0.353. The molecule has 0 radical (unpaired) electrons. The molecule has 3 rings (SSSR count). The molecule has 0 fully saturated rings. The van der Waals surface area contributed by atoms with E-state index in [4.69, 9.17) is 9.73 Å². The first-order valence-electron chi connectivity index (χ1n) is 9.02. The summed E-state index contributed by atoms with van der Waals surface area (Å²) in [5.74, 6) is 1.46. The first kappa shape index (κ1) is 17.4. The van der Waals surface area contributed by atoms with Crippen molar-refractivity contribution in [3.63, 3.8) is 0 Å². The van der Waals surface area contributed by atoms with E-state index in [0.29, 0.717) is 30.9 Å². The molecule has 0 bridgehead atoms. The Morgan fingerprint density at radius 2 is 1.56 bits per heavy atom. The van der Waals surface area contributed by atoms with Crippen molar-refractivity contribution in [3.05, 3.63) is 65.2 Å². The Morgan fingerprint density at radius 3 is 2.08 bits per heavy atom. The predicted octanol–water partition coefficient (Wildman–Crippen LogP) is 5.48. The number of hydrogen-bond acceptors (Lipinski definition) is 3. The van der Waals surface area contributed by atoms with E-state index in [1.165, 1.54) is 11.1 Å². The van der Waals surface area contributed by atoms with Gasteiger partial charge in [-0.15, -0.1) is 0 Å². The van der Waals surface area contributed by atoms with E-state index in [2.05, 4.69) is 63.0 Å². The minimum Gasteiger partial charge on any atom is -0.474 e. The molecule has 130 valence electrons. The number of ether oxygens (including phenoxy) is 1. The van der Waals surface area contributed by atoms with E-state index in [1.54, 1.807) is 0 Å². The summed E-state index contributed by atoms with van der Waals surface area (Å²) in [6.07, 6.45) is 0. The molecular formula is C22H26N2O. The minimum atomic E-state index is 0.404. The van der Waals surface area contributed by atoms with Gasteiger partial charge in [-0.25, -0.2) is 9.98 Å². The Balaban J connectivity index is 2.21. The van der Waals surface area contributed by atoms with Crippen molar-refractivity contribution in [1.82, 2.24) is 0 Å². The molecule has 0 spiro atoms. The Kier molecular flexibility index (Phi) is 5.32. The highest BCUT2D eigenvalue weighted by molar-refractivity contribution is 6.46. The standard InChI is InChI=1S/C22H26N2O/c1-15(2)18-11-8-12-19(16(3)4)21(18)24-20(22-23-13-14-25-22)17-9-6-5-7-10-17/h5-12,15-16H,13-14H2,1-4H3/b24-20+. The van der Waals surface area contributed by atoms with Crippen LogP contribution >= 0.6 is 0 Å². The summed E-state index contributed by atoms with van der Waals surface area (Å²) in [5.41, 5.74) is 5.45. The van der Waals surface area contributed by atoms with Gasteiger partial charge >= 0.3 is 0 Å². The monoisotopic (exact) mass is 334 g/mol. The maximum atomic E-state index is 5.76. The van der Waals surface area contributed by atoms with E-state index < -0.39 is 0 Å². The zero-order valence-corrected chi connectivity index (χ0v) is 15.5. The second-order valence-electron chi connectivity index (χ2n) is 6.96. The smallest absolute Gasteiger partial charge is 0.236 e. The van der Waals surface area contributed by atoms with Gasteiger partial charge in [0.1, 0.15) is 12.3 Å². The van der Waals surface area contributed by atoms with Crippen molar-refractivity contribution in [1.29, 1.82) is 0 Å². The lowest BCUT2D eigenvalue weighted by Crippen LogP contribution is -2.16. The number of hydrogen-bond donors (Lipinski definition) is 0. The maximum absolute atomic E-state index is 5.76. The van der Waals surface area contributed by atoms with Crippen molar-refractivity contribution in [3.8, 4) is 0 Å². The normalized spacial score (nSPS) is 14.8. The van der Waals surface area contributed by atoms with Gasteiger partial charge in [0.15, 0.2) is 0 Å². The lowest BCUT2D eigenvalue weighted by Gasteiger charge is -2.18. The van der Waals surface area contributed by atoms with Crippen LogP contribution < -0.4 is 0 Å². The van der Waals surface area contributed by atoms with Crippen molar-refractivity contribution >= 4 is 17.3 Å². The van der Waals surface area contributed by atoms with Gasteiger partial charge in [-0.3, -0.25) is 0 Å². The van der Waals surface area contributed by atoms with Gasteiger partial charge in [0.05, 0.1) is 12.2 Å². The third kappa shape index (κ3) is 3.81. The molecule has 2 aromatic carbocycles. The van der Waals surface area contributed by atoms with Crippen LogP contribution in [0.3, 0.4) is 0 Å². The van der Waals surface area contributed by atoms with E-state index in [-0.39, 0.29) is 0 Å². The van der Waals surface area contributed by atoms with Gasteiger partial charge in [-0.1, -0.05) is 76.2 Å². The zero-order chi connectivity index (χ0) is 17.8. The molecule has 3 nitrogen and oxygen atoms in total. The van der Waals surface area contributed by atoms with Crippen LogP contribution in [0.4, 0.5) is 5.69 Å². The van der Waals surface area contributed by atoms with Gasteiger partial charge in [0.2, 0.25) is 5.90 Å². The van der Waals surface area contributed by atoms with Crippen LogP contribution in [0.5, 0.6) is 0 Å². The van der Waals surface area contributed by atoms with Crippen LogP contribution in [0.25, 0.3) is 0 Å². The SMILES string of the molecule is CC(C)c1cccc(C(C)C)c1/N=C(/C1=NCCO1)c1ccccc1. The summed E-state index contributed by atoms with van der Waals surface area (Å²) in [7, 11) is 0. The Morgan fingerprint density at radius 1 is 0.920 bits per heavy atom. The fraction of sp³-hybridized carbons (Fsp3) is 0.364. The predicted molar refractivity (Wildman–Crippen MR) is 106 cm³/mol. The van der Waals surface area contributed by atoms with Crippen LogP contribution in [0.1, 0.15) is 56.2 Å². The molecule has 3 heteroatoms. The van der Waals surface area contributed by atoms with Gasteiger partial charge in [-0.05, 0) is 23.0 Å². The van der Waals surface area contributed by atoms with Crippen molar-refractivity contribution < 1.29 is 4.74 Å². The number of rotatable bonds is 5.